The van der Waals surface area contributed by atoms with Crippen molar-refractivity contribution in [1.82, 2.24) is 5.32 Å². The predicted octanol–water partition coefficient (Wildman–Crippen LogP) is 2.41. The fraction of sp³-hybridized carbons (Fsp3) is 0.857. The Labute approximate surface area is 136 Å². The number of nitrogens with one attached hydrogen (secondary N) is 1. The normalized spacial score (nSPS) is 14.8. The summed E-state index contributed by atoms with van der Waals surface area (Å²) in [6.07, 6.45) is 4.43. The van der Waals surface area contributed by atoms with Crippen LogP contribution in [0.1, 0.15) is 61.8 Å². The van der Waals surface area contributed by atoms with Crippen molar-refractivity contribution in [2.45, 2.75) is 58.8 Å². The SMILES string of the molecule is [3H]OP(=O)(O)OCCCCCCNC(=O)CCCC(=O)C(C)C.[3H][3H]. The predicted molar refractivity (Wildman–Crippen MR) is 85.3 cm³/mol. The van der Waals surface area contributed by atoms with Gasteiger partial charge in [0.25, 0.3) is 0 Å². The summed E-state index contributed by atoms with van der Waals surface area (Å²) < 4.78 is 31.6. The summed E-state index contributed by atoms with van der Waals surface area (Å²) in [7, 11) is -4.19. The summed E-state index contributed by atoms with van der Waals surface area (Å²) in [4.78, 5) is 35.3. The first-order chi connectivity index (χ1) is 11.8. The highest BCUT2D eigenvalue weighted by Gasteiger charge is 2.12. The van der Waals surface area contributed by atoms with Crippen molar-refractivity contribution in [2.75, 3.05) is 13.2 Å². The van der Waals surface area contributed by atoms with Crippen molar-refractivity contribution in [2.24, 2.45) is 5.92 Å². The van der Waals surface area contributed by atoms with Crippen LogP contribution in [0, 0.1) is 5.92 Å². The standard InChI is InChI=1S/C14H28NO6P.H2/c1-12(2)13(16)8-7-9-14(17)15-10-5-3-4-6-11-21-22(18,19)20;/h12H,3-11H2,1-2H3,(H,15,17)(H2,18,19,20);1H/i;1+2T/hT. The molecule has 22 heavy (non-hydrogen) atoms. The van der Waals surface area contributed by atoms with Gasteiger partial charge in [-0.05, 0) is 19.3 Å². The lowest BCUT2D eigenvalue weighted by molar-refractivity contribution is -0.122. The third kappa shape index (κ3) is 14.2. The number of Topliss-reactive ketones (excluding diaryl/α,β-unsaturated/α-hetero) is 1. The van der Waals surface area contributed by atoms with Crippen molar-refractivity contribution in [3.63, 3.8) is 0 Å². The first-order valence-corrected chi connectivity index (χ1v) is 9.19. The van der Waals surface area contributed by atoms with Crippen molar-refractivity contribution < 1.29 is 31.4 Å². The first kappa shape index (κ1) is 17.6. The molecular formula is C14H30NO6P. The zero-order chi connectivity index (χ0) is 19.7. The average Bonchev–Trinajstić information content (AvgIpc) is 2.58. The lowest BCUT2D eigenvalue weighted by atomic mass is 10.0. The average molecular weight is 345 g/mol. The Bertz CT molecular complexity index is 412. The number of unbranched alkanes of at least 4 members (excludes halogenated alkanes) is 3. The number of carbonyl (C=O) groups excluding carboxylic acids is 2. The Balaban J connectivity index is 0. The molecule has 1 amide bonds. The number of hydrogen-bond donors (Lipinski definition) is 3. The Morgan fingerprint density at radius 3 is 2.59 bits per heavy atom. The summed E-state index contributed by atoms with van der Waals surface area (Å²) in [5, 5.41) is 2.80. The van der Waals surface area contributed by atoms with E-state index < -0.39 is 7.82 Å². The minimum atomic E-state index is -4.19. The second-order valence-electron chi connectivity index (χ2n) is 5.54. The van der Waals surface area contributed by atoms with Gasteiger partial charge in [-0.2, -0.15) is 0 Å². The molecule has 0 aromatic rings. The smallest absolute Gasteiger partial charge is 0.356 e. The molecule has 0 rings (SSSR count). The molecule has 0 aliphatic carbocycles. The van der Waals surface area contributed by atoms with E-state index in [2.05, 4.69) is 14.7 Å². The number of phosphoric ester groups is 1. The summed E-state index contributed by atoms with van der Waals surface area (Å²) in [6, 6.07) is 0. The van der Waals surface area contributed by atoms with Gasteiger partial charge in [0.05, 0.1) is 6.61 Å². The summed E-state index contributed by atoms with van der Waals surface area (Å²) in [6.45, 7) is 4.34. The Hall–Kier alpha value is -0.750. The van der Waals surface area contributed by atoms with E-state index in [4.69, 9.17) is 9.29 Å². The van der Waals surface area contributed by atoms with Crippen molar-refractivity contribution in [3.8, 4) is 0 Å². The van der Waals surface area contributed by atoms with Gasteiger partial charge in [0.1, 0.15) is 5.78 Å². The van der Waals surface area contributed by atoms with E-state index >= 15 is 0 Å². The van der Waals surface area contributed by atoms with E-state index in [9.17, 15) is 14.2 Å². The molecule has 1 unspecified atom stereocenters. The fourth-order valence-electron chi connectivity index (χ4n) is 1.79. The molecule has 3 N–H and O–H groups in total. The highest BCUT2D eigenvalue weighted by Crippen LogP contribution is 2.35. The lowest BCUT2D eigenvalue weighted by Gasteiger charge is -2.07. The molecule has 0 radical (unpaired) electrons. The number of amides is 1. The van der Waals surface area contributed by atoms with Crippen LogP contribution < -0.4 is 5.32 Å². The van der Waals surface area contributed by atoms with Gasteiger partial charge in [-0.15, -0.1) is 0 Å². The second-order valence-corrected chi connectivity index (χ2v) is 6.74. The highest BCUT2D eigenvalue weighted by atomic mass is 31.2. The van der Waals surface area contributed by atoms with E-state index in [1.54, 1.807) is 0 Å². The molecule has 0 saturated heterocycles. The van der Waals surface area contributed by atoms with Crippen LogP contribution in [0.25, 0.3) is 0 Å². The third-order valence-electron chi connectivity index (χ3n) is 3.12. The molecule has 1 atom stereocenters. The fourth-order valence-corrected chi connectivity index (χ4v) is 2.15. The number of phosphoric acid groups is 1. The second kappa shape index (κ2) is 11.8. The monoisotopic (exact) mass is 345 g/mol. The zero-order valence-electron chi connectivity index (χ0n) is 16.4. The van der Waals surface area contributed by atoms with Crippen LogP contribution in [0.4, 0.5) is 0 Å². The first-order valence-electron chi connectivity index (χ1n) is 9.11. The molecule has 8 heteroatoms. The van der Waals surface area contributed by atoms with Gasteiger partial charge in [0, 0.05) is 28.3 Å². The number of carbonyl (C=O) groups is 2. The zero-order valence-corrected chi connectivity index (χ0v) is 14.3. The molecule has 0 aromatic carbocycles. The molecule has 0 bridgehead atoms. The van der Waals surface area contributed by atoms with Crippen LogP contribution in [-0.4, -0.2) is 36.1 Å². The Morgan fingerprint density at radius 1 is 1.27 bits per heavy atom. The van der Waals surface area contributed by atoms with Crippen LogP contribution in [0.2, 0.25) is 0 Å². The molecule has 0 heterocycles. The molecule has 0 saturated carbocycles. The molecule has 0 aliphatic heterocycles. The molecule has 0 fully saturated rings. The van der Waals surface area contributed by atoms with Crippen LogP contribution in [-0.2, 0) is 18.7 Å². The Kier molecular flexibility index (Phi) is 9.42. The highest BCUT2D eigenvalue weighted by molar-refractivity contribution is 7.46. The summed E-state index contributed by atoms with van der Waals surface area (Å²) in [5.74, 6) is 0.163. The van der Waals surface area contributed by atoms with Crippen molar-refractivity contribution in [1.29, 1.82) is 1.43 Å². The molecule has 0 spiro atoms. The van der Waals surface area contributed by atoms with Crippen molar-refractivity contribution >= 4 is 19.5 Å². The summed E-state index contributed by atoms with van der Waals surface area (Å²) in [5.41, 5.74) is 0. The lowest BCUT2D eigenvalue weighted by Crippen LogP contribution is -2.24. The molecule has 0 aliphatic rings. The van der Waals surface area contributed by atoms with Gasteiger partial charge in [0.2, 0.25) is 7.34 Å². The Morgan fingerprint density at radius 2 is 1.95 bits per heavy atom. The van der Waals surface area contributed by atoms with Gasteiger partial charge in [-0.3, -0.25) is 14.1 Å². The van der Waals surface area contributed by atoms with E-state index in [0.717, 1.165) is 19.3 Å². The molecule has 132 valence electrons. The van der Waals surface area contributed by atoms with Crippen molar-refractivity contribution in [3.05, 3.63) is 0 Å². The van der Waals surface area contributed by atoms with E-state index in [-0.39, 0.29) is 24.2 Å². The van der Waals surface area contributed by atoms with Crippen LogP contribution in [0.3, 0.4) is 0 Å². The van der Waals surface area contributed by atoms with E-state index in [0.29, 0.717) is 32.2 Å². The minimum absolute atomic E-state index is 0.0226. The maximum Gasteiger partial charge on any atom is 0.469 e. The van der Waals surface area contributed by atoms with Gasteiger partial charge >= 0.3 is 7.82 Å². The van der Waals surface area contributed by atoms with Gasteiger partial charge in [0.15, 0.2) is 0 Å². The molecule has 0 aromatic heterocycles. The van der Waals surface area contributed by atoms with Gasteiger partial charge < -0.3 is 15.1 Å². The van der Waals surface area contributed by atoms with E-state index in [1.807, 2.05) is 13.8 Å². The molecular weight excluding hydrogens is 309 g/mol. The van der Waals surface area contributed by atoms with Crippen LogP contribution >= 0.6 is 7.82 Å². The van der Waals surface area contributed by atoms with E-state index in [1.165, 1.54) is 0 Å². The largest absolute Gasteiger partial charge is 0.469 e. The maximum atomic E-state index is 11.5. The topological polar surface area (TPSA) is 113 Å². The quantitative estimate of drug-likeness (QED) is 0.329. The van der Waals surface area contributed by atoms with Crippen LogP contribution in [0.5, 0.6) is 0 Å². The number of hydrogen-bond acceptors (Lipinski definition) is 5. The summed E-state index contributed by atoms with van der Waals surface area (Å²) >= 11 is 0. The maximum absolute atomic E-state index is 11.5. The number of ketones is 1. The van der Waals surface area contributed by atoms with Gasteiger partial charge in [-0.1, -0.05) is 26.7 Å². The molecule has 7 nitrogen and oxygen atoms in total. The third-order valence-corrected chi connectivity index (χ3v) is 3.63. The van der Waals surface area contributed by atoms with Crippen LogP contribution in [0.15, 0.2) is 0 Å². The van der Waals surface area contributed by atoms with Gasteiger partial charge in [-0.25, -0.2) is 4.57 Å². The number of rotatable bonds is 14. The minimum Gasteiger partial charge on any atom is -0.356 e.